The molecule has 1 amide bonds. The lowest BCUT2D eigenvalue weighted by Crippen LogP contribution is -2.28. The number of aliphatic hydroxyl groups is 1. The van der Waals surface area contributed by atoms with E-state index in [0.717, 1.165) is 17.9 Å². The summed E-state index contributed by atoms with van der Waals surface area (Å²) >= 11 is 0. The van der Waals surface area contributed by atoms with Gasteiger partial charge < -0.3 is 20.6 Å². The molecule has 0 bridgehead atoms. The fourth-order valence-electron chi connectivity index (χ4n) is 2.01. The van der Waals surface area contributed by atoms with E-state index in [9.17, 15) is 4.79 Å². The van der Waals surface area contributed by atoms with Gasteiger partial charge in [-0.3, -0.25) is 4.79 Å². The highest BCUT2D eigenvalue weighted by Crippen LogP contribution is 2.18. The number of aliphatic hydroxyl groups excluding tert-OH is 1. The van der Waals surface area contributed by atoms with E-state index in [2.05, 4.69) is 15.5 Å². The maximum absolute atomic E-state index is 11.9. The van der Waals surface area contributed by atoms with Crippen LogP contribution in [0.5, 0.6) is 0 Å². The third kappa shape index (κ3) is 4.83. The van der Waals surface area contributed by atoms with E-state index in [-0.39, 0.29) is 18.4 Å². The lowest BCUT2D eigenvalue weighted by atomic mass is 10.1. The number of benzene rings is 1. The van der Waals surface area contributed by atoms with Gasteiger partial charge in [0, 0.05) is 36.9 Å². The van der Waals surface area contributed by atoms with Crippen molar-refractivity contribution in [3.63, 3.8) is 0 Å². The van der Waals surface area contributed by atoms with Gasteiger partial charge in [-0.2, -0.15) is 0 Å². The monoisotopic (exact) mass is 279 g/mol. The van der Waals surface area contributed by atoms with Gasteiger partial charge in [-0.05, 0) is 38.2 Å². The Bertz CT molecular complexity index is 406. The largest absolute Gasteiger partial charge is 0.395 e. The number of anilines is 2. The van der Waals surface area contributed by atoms with E-state index in [0.29, 0.717) is 13.1 Å². The average Bonchev–Trinajstić information content (AvgIpc) is 2.46. The zero-order chi connectivity index (χ0) is 15.0. The number of rotatable bonds is 8. The van der Waals surface area contributed by atoms with Crippen molar-refractivity contribution in [2.24, 2.45) is 5.92 Å². The van der Waals surface area contributed by atoms with E-state index in [1.165, 1.54) is 0 Å². The van der Waals surface area contributed by atoms with Crippen molar-refractivity contribution in [1.29, 1.82) is 0 Å². The summed E-state index contributed by atoms with van der Waals surface area (Å²) in [5, 5.41) is 14.9. The van der Waals surface area contributed by atoms with E-state index in [1.54, 1.807) is 0 Å². The van der Waals surface area contributed by atoms with Gasteiger partial charge in [0.25, 0.3) is 0 Å². The number of likely N-dealkylation sites (N-methyl/N-ethyl adjacent to an activating group) is 1. The van der Waals surface area contributed by atoms with Crippen molar-refractivity contribution < 1.29 is 9.90 Å². The predicted octanol–water partition coefficient (Wildman–Crippen LogP) is 1.30. The third-order valence-corrected chi connectivity index (χ3v) is 3.21. The van der Waals surface area contributed by atoms with Crippen molar-refractivity contribution in [3.05, 3.63) is 24.3 Å². The zero-order valence-corrected chi connectivity index (χ0v) is 12.5. The first-order valence-corrected chi connectivity index (χ1v) is 7.03. The van der Waals surface area contributed by atoms with Crippen LogP contribution in [-0.2, 0) is 4.79 Å². The molecule has 112 valence electrons. The summed E-state index contributed by atoms with van der Waals surface area (Å²) in [6.07, 6.45) is 0. The normalized spacial score (nSPS) is 12.0. The summed E-state index contributed by atoms with van der Waals surface area (Å²) in [5.74, 6) is -0.0592. The van der Waals surface area contributed by atoms with Crippen LogP contribution in [0, 0.1) is 5.92 Å². The summed E-state index contributed by atoms with van der Waals surface area (Å²) in [6.45, 7) is 6.18. The highest BCUT2D eigenvalue weighted by Gasteiger charge is 2.12. The Labute approximate surface area is 121 Å². The minimum absolute atomic E-state index is 0.00908. The molecule has 0 radical (unpaired) electrons. The molecule has 20 heavy (non-hydrogen) atoms. The van der Waals surface area contributed by atoms with Gasteiger partial charge >= 0.3 is 0 Å². The summed E-state index contributed by atoms with van der Waals surface area (Å²) < 4.78 is 0. The van der Waals surface area contributed by atoms with Gasteiger partial charge in [0.1, 0.15) is 0 Å². The van der Waals surface area contributed by atoms with Crippen molar-refractivity contribution >= 4 is 17.3 Å². The molecule has 0 aliphatic carbocycles. The highest BCUT2D eigenvalue weighted by atomic mass is 16.3. The molecule has 0 heterocycles. The molecule has 0 aliphatic heterocycles. The summed E-state index contributed by atoms with van der Waals surface area (Å²) in [4.78, 5) is 14.0. The predicted molar refractivity (Wildman–Crippen MR) is 83.1 cm³/mol. The van der Waals surface area contributed by atoms with Gasteiger partial charge in [0.05, 0.1) is 6.61 Å². The first-order chi connectivity index (χ1) is 9.62. The van der Waals surface area contributed by atoms with Crippen LogP contribution >= 0.6 is 0 Å². The van der Waals surface area contributed by atoms with Crippen molar-refractivity contribution in [3.8, 4) is 0 Å². The Kier molecular flexibility index (Phi) is 7.04. The summed E-state index contributed by atoms with van der Waals surface area (Å²) in [5.41, 5.74) is 1.84. The molecule has 0 aromatic heterocycles. The number of nitrogens with zero attached hydrogens (tertiary/aromatic N) is 1. The van der Waals surface area contributed by atoms with Crippen LogP contribution in [0.1, 0.15) is 13.8 Å². The van der Waals surface area contributed by atoms with Crippen molar-refractivity contribution in [2.45, 2.75) is 13.8 Å². The molecule has 5 heteroatoms. The molecule has 1 unspecified atom stereocenters. The standard InChI is InChI=1S/C15H25N3O2/c1-4-18(9-10-19)14-7-5-13(6-8-14)17-15(20)12(2)11-16-3/h5-8,12,16,19H,4,9-11H2,1-3H3,(H,17,20). The number of hydrogen-bond donors (Lipinski definition) is 3. The number of hydrogen-bond acceptors (Lipinski definition) is 4. The van der Waals surface area contributed by atoms with E-state index in [4.69, 9.17) is 5.11 Å². The number of carbonyl (C=O) groups excluding carboxylic acids is 1. The first-order valence-electron chi connectivity index (χ1n) is 7.03. The van der Waals surface area contributed by atoms with Crippen LogP contribution in [0.15, 0.2) is 24.3 Å². The molecule has 1 atom stereocenters. The maximum atomic E-state index is 11.9. The summed E-state index contributed by atoms with van der Waals surface area (Å²) in [7, 11) is 1.83. The van der Waals surface area contributed by atoms with Gasteiger partial charge in [-0.25, -0.2) is 0 Å². The van der Waals surface area contributed by atoms with Crippen LogP contribution in [-0.4, -0.2) is 44.3 Å². The molecule has 0 fully saturated rings. The van der Waals surface area contributed by atoms with Crippen molar-refractivity contribution in [1.82, 2.24) is 5.32 Å². The average molecular weight is 279 g/mol. The van der Waals surface area contributed by atoms with Gasteiger partial charge in [0.15, 0.2) is 0 Å². The molecule has 3 N–H and O–H groups in total. The molecular formula is C15H25N3O2. The van der Waals surface area contributed by atoms with Gasteiger partial charge in [-0.15, -0.1) is 0 Å². The second-order valence-electron chi connectivity index (χ2n) is 4.80. The quantitative estimate of drug-likeness (QED) is 0.671. The van der Waals surface area contributed by atoms with Crippen molar-refractivity contribution in [2.75, 3.05) is 43.5 Å². The first kappa shape index (κ1) is 16.5. The van der Waals surface area contributed by atoms with Gasteiger partial charge in [-0.1, -0.05) is 6.92 Å². The number of amides is 1. The molecule has 1 aromatic rings. The zero-order valence-electron chi connectivity index (χ0n) is 12.5. The topological polar surface area (TPSA) is 64.6 Å². The van der Waals surface area contributed by atoms with Crippen LogP contribution in [0.3, 0.4) is 0 Å². The van der Waals surface area contributed by atoms with E-state index < -0.39 is 0 Å². The minimum Gasteiger partial charge on any atom is -0.395 e. The Morgan fingerprint density at radius 1 is 1.35 bits per heavy atom. The van der Waals surface area contributed by atoms with Crippen LogP contribution in [0.2, 0.25) is 0 Å². The van der Waals surface area contributed by atoms with E-state index in [1.807, 2.05) is 45.2 Å². The smallest absolute Gasteiger partial charge is 0.228 e. The lowest BCUT2D eigenvalue weighted by molar-refractivity contribution is -0.119. The Morgan fingerprint density at radius 3 is 2.50 bits per heavy atom. The number of carbonyl (C=O) groups is 1. The Morgan fingerprint density at radius 2 is 2.00 bits per heavy atom. The van der Waals surface area contributed by atoms with Gasteiger partial charge in [0.2, 0.25) is 5.91 Å². The van der Waals surface area contributed by atoms with Crippen LogP contribution in [0.4, 0.5) is 11.4 Å². The highest BCUT2D eigenvalue weighted by molar-refractivity contribution is 5.92. The molecule has 5 nitrogen and oxygen atoms in total. The second-order valence-corrected chi connectivity index (χ2v) is 4.80. The maximum Gasteiger partial charge on any atom is 0.228 e. The molecule has 0 saturated heterocycles. The molecule has 0 aliphatic rings. The molecule has 1 aromatic carbocycles. The van der Waals surface area contributed by atoms with Crippen LogP contribution < -0.4 is 15.5 Å². The molecule has 1 rings (SSSR count). The molecular weight excluding hydrogens is 254 g/mol. The second kappa shape index (κ2) is 8.55. The van der Waals surface area contributed by atoms with E-state index >= 15 is 0 Å². The fourth-order valence-corrected chi connectivity index (χ4v) is 2.01. The Balaban J connectivity index is 2.64. The lowest BCUT2D eigenvalue weighted by Gasteiger charge is -2.22. The fraction of sp³-hybridized carbons (Fsp3) is 0.533. The Hall–Kier alpha value is -1.59. The minimum atomic E-state index is -0.0683. The number of nitrogens with one attached hydrogen (secondary N) is 2. The molecule has 0 spiro atoms. The third-order valence-electron chi connectivity index (χ3n) is 3.21. The molecule has 0 saturated carbocycles. The summed E-state index contributed by atoms with van der Waals surface area (Å²) in [6, 6.07) is 7.69. The van der Waals surface area contributed by atoms with Crippen LogP contribution in [0.25, 0.3) is 0 Å². The SMILES string of the molecule is CCN(CCO)c1ccc(NC(=O)C(C)CNC)cc1.